The average Bonchev–Trinajstić information content (AvgIpc) is 2.94. The predicted octanol–water partition coefficient (Wildman–Crippen LogP) is 2.30. The van der Waals surface area contributed by atoms with Gasteiger partial charge in [-0.25, -0.2) is 9.50 Å². The van der Waals surface area contributed by atoms with Crippen molar-refractivity contribution in [3.8, 4) is 0 Å². The van der Waals surface area contributed by atoms with Gasteiger partial charge in [0, 0.05) is 42.8 Å². The number of carbonyl (C=O) groups is 1. The van der Waals surface area contributed by atoms with Crippen molar-refractivity contribution >= 4 is 11.6 Å². The van der Waals surface area contributed by atoms with Gasteiger partial charge in [-0.3, -0.25) is 9.78 Å². The molecule has 124 valence electrons. The zero-order chi connectivity index (χ0) is 17.1. The minimum atomic E-state index is 0.0226. The summed E-state index contributed by atoms with van der Waals surface area (Å²) in [5, 5.41) is 7.39. The highest BCUT2D eigenvalue weighted by Crippen LogP contribution is 2.17. The number of pyridine rings is 1. The van der Waals surface area contributed by atoms with Crippen molar-refractivity contribution in [2.75, 3.05) is 0 Å². The maximum Gasteiger partial charge on any atom is 0.220 e. The molecule has 1 N–H and O–H groups in total. The Morgan fingerprint density at radius 2 is 2.12 bits per heavy atom. The van der Waals surface area contributed by atoms with Crippen LogP contribution in [0.3, 0.4) is 0 Å². The minimum absolute atomic E-state index is 0.0226. The van der Waals surface area contributed by atoms with Gasteiger partial charge in [0.25, 0.3) is 0 Å². The van der Waals surface area contributed by atoms with Gasteiger partial charge in [0.2, 0.25) is 5.91 Å². The van der Waals surface area contributed by atoms with Crippen LogP contribution in [0.1, 0.15) is 34.6 Å². The number of aryl methyl sites for hydroxylation is 3. The number of hydrogen-bond donors (Lipinski definition) is 1. The number of nitrogens with one attached hydrogen (secondary N) is 1. The van der Waals surface area contributed by atoms with E-state index in [9.17, 15) is 4.79 Å². The molecule has 0 unspecified atom stereocenters. The van der Waals surface area contributed by atoms with Gasteiger partial charge in [-0.1, -0.05) is 6.07 Å². The summed E-state index contributed by atoms with van der Waals surface area (Å²) < 4.78 is 1.85. The number of hydrogen-bond acceptors (Lipinski definition) is 4. The quantitative estimate of drug-likeness (QED) is 0.782. The number of carbonyl (C=O) groups excluding carboxylic acids is 1. The Labute approximate surface area is 141 Å². The van der Waals surface area contributed by atoms with E-state index in [4.69, 9.17) is 0 Å². The molecule has 6 heteroatoms. The molecular weight excluding hydrogens is 302 g/mol. The first-order chi connectivity index (χ1) is 11.5. The molecule has 0 fully saturated rings. The molecule has 3 aromatic heterocycles. The van der Waals surface area contributed by atoms with Crippen LogP contribution in [0.15, 0.2) is 30.6 Å². The third-order valence-corrected chi connectivity index (χ3v) is 4.10. The van der Waals surface area contributed by atoms with Crippen LogP contribution in [-0.4, -0.2) is 25.5 Å². The van der Waals surface area contributed by atoms with Gasteiger partial charge in [-0.2, -0.15) is 5.10 Å². The smallest absolute Gasteiger partial charge is 0.220 e. The van der Waals surface area contributed by atoms with Crippen LogP contribution in [0.25, 0.3) is 5.65 Å². The Hall–Kier alpha value is -2.76. The van der Waals surface area contributed by atoms with Gasteiger partial charge in [0.1, 0.15) is 0 Å². The summed E-state index contributed by atoms with van der Waals surface area (Å²) in [6, 6.07) is 5.77. The van der Waals surface area contributed by atoms with Crippen molar-refractivity contribution in [1.82, 2.24) is 24.9 Å². The van der Waals surface area contributed by atoms with Crippen LogP contribution >= 0.6 is 0 Å². The highest BCUT2D eigenvalue weighted by atomic mass is 16.1. The van der Waals surface area contributed by atoms with E-state index in [-0.39, 0.29) is 5.91 Å². The fourth-order valence-corrected chi connectivity index (χ4v) is 2.83. The maximum atomic E-state index is 12.1. The molecule has 0 aliphatic heterocycles. The molecule has 3 heterocycles. The van der Waals surface area contributed by atoms with Crippen molar-refractivity contribution in [2.45, 2.75) is 40.2 Å². The summed E-state index contributed by atoms with van der Waals surface area (Å²) >= 11 is 0. The molecule has 0 saturated carbocycles. The van der Waals surface area contributed by atoms with Crippen molar-refractivity contribution in [1.29, 1.82) is 0 Å². The first-order valence-corrected chi connectivity index (χ1v) is 8.02. The van der Waals surface area contributed by atoms with Crippen LogP contribution in [0, 0.1) is 20.8 Å². The van der Waals surface area contributed by atoms with Crippen LogP contribution in [0.5, 0.6) is 0 Å². The Bertz CT molecular complexity index is 870. The number of aromatic nitrogens is 4. The molecule has 0 atom stereocenters. The van der Waals surface area contributed by atoms with Gasteiger partial charge in [0.05, 0.1) is 5.69 Å². The Morgan fingerprint density at radius 1 is 1.29 bits per heavy atom. The van der Waals surface area contributed by atoms with E-state index in [0.717, 1.165) is 33.9 Å². The van der Waals surface area contributed by atoms with Crippen LogP contribution < -0.4 is 5.32 Å². The number of amides is 1. The lowest BCUT2D eigenvalue weighted by Crippen LogP contribution is -2.23. The first-order valence-electron chi connectivity index (χ1n) is 8.02. The zero-order valence-corrected chi connectivity index (χ0v) is 14.2. The van der Waals surface area contributed by atoms with Gasteiger partial charge in [-0.15, -0.1) is 0 Å². The summed E-state index contributed by atoms with van der Waals surface area (Å²) in [4.78, 5) is 20.7. The molecule has 0 aromatic carbocycles. The monoisotopic (exact) mass is 323 g/mol. The molecule has 0 saturated heterocycles. The Kier molecular flexibility index (Phi) is 4.55. The lowest BCUT2D eigenvalue weighted by Gasteiger charge is -2.11. The van der Waals surface area contributed by atoms with Crippen molar-refractivity contribution in [3.05, 3.63) is 58.8 Å². The Morgan fingerprint density at radius 3 is 2.88 bits per heavy atom. The van der Waals surface area contributed by atoms with Crippen LogP contribution in [0.4, 0.5) is 0 Å². The van der Waals surface area contributed by atoms with E-state index in [1.54, 1.807) is 12.4 Å². The first kappa shape index (κ1) is 16.1. The van der Waals surface area contributed by atoms with E-state index in [2.05, 4.69) is 20.4 Å². The van der Waals surface area contributed by atoms with Crippen LogP contribution in [-0.2, 0) is 17.8 Å². The zero-order valence-electron chi connectivity index (χ0n) is 14.2. The van der Waals surface area contributed by atoms with Crippen molar-refractivity contribution in [3.63, 3.8) is 0 Å². The van der Waals surface area contributed by atoms with Gasteiger partial charge in [-0.05, 0) is 44.4 Å². The summed E-state index contributed by atoms with van der Waals surface area (Å²) in [6.07, 6.45) is 4.55. The molecule has 0 spiro atoms. The molecule has 24 heavy (non-hydrogen) atoms. The third-order valence-electron chi connectivity index (χ3n) is 4.10. The summed E-state index contributed by atoms with van der Waals surface area (Å²) in [7, 11) is 0. The maximum absolute atomic E-state index is 12.1. The lowest BCUT2D eigenvalue weighted by molar-refractivity contribution is -0.121. The average molecular weight is 323 g/mol. The third kappa shape index (κ3) is 3.42. The summed E-state index contributed by atoms with van der Waals surface area (Å²) in [5.74, 6) is 0.0226. The highest BCUT2D eigenvalue weighted by Gasteiger charge is 2.12. The van der Waals surface area contributed by atoms with E-state index >= 15 is 0 Å². The SMILES string of the molecule is Cc1cc2nc(C)c(CCC(=O)NCc3cccnc3)c(C)n2n1. The second kappa shape index (κ2) is 6.78. The molecule has 3 rings (SSSR count). The molecular formula is C18H21N5O. The fourth-order valence-electron chi connectivity index (χ4n) is 2.83. The minimum Gasteiger partial charge on any atom is -0.352 e. The largest absolute Gasteiger partial charge is 0.352 e. The van der Waals surface area contributed by atoms with E-state index < -0.39 is 0 Å². The van der Waals surface area contributed by atoms with Gasteiger partial charge < -0.3 is 5.32 Å². The molecule has 6 nitrogen and oxygen atoms in total. The summed E-state index contributed by atoms with van der Waals surface area (Å²) in [6.45, 7) is 6.46. The molecule has 1 amide bonds. The second-order valence-electron chi connectivity index (χ2n) is 5.95. The fraction of sp³-hybridized carbons (Fsp3) is 0.333. The normalized spacial score (nSPS) is 11.0. The number of nitrogens with zero attached hydrogens (tertiary/aromatic N) is 4. The molecule has 0 aliphatic rings. The van der Waals surface area contributed by atoms with Crippen molar-refractivity contribution < 1.29 is 4.79 Å². The van der Waals surface area contributed by atoms with Gasteiger partial charge in [0.15, 0.2) is 5.65 Å². The lowest BCUT2D eigenvalue weighted by atomic mass is 10.1. The predicted molar refractivity (Wildman–Crippen MR) is 91.6 cm³/mol. The van der Waals surface area contributed by atoms with Crippen molar-refractivity contribution in [2.24, 2.45) is 0 Å². The molecule has 0 bridgehead atoms. The molecule has 3 aromatic rings. The van der Waals surface area contributed by atoms with Gasteiger partial charge >= 0.3 is 0 Å². The van der Waals surface area contributed by atoms with Crippen LogP contribution in [0.2, 0.25) is 0 Å². The molecule has 0 radical (unpaired) electrons. The summed E-state index contributed by atoms with van der Waals surface area (Å²) in [5.41, 5.74) is 5.88. The highest BCUT2D eigenvalue weighted by molar-refractivity contribution is 5.76. The number of fused-ring (bicyclic) bond motifs is 1. The van der Waals surface area contributed by atoms with E-state index in [0.29, 0.717) is 19.4 Å². The topological polar surface area (TPSA) is 72.2 Å². The molecule has 0 aliphatic carbocycles. The number of rotatable bonds is 5. The second-order valence-corrected chi connectivity index (χ2v) is 5.95. The standard InChI is InChI=1S/C18H21N5O/c1-12-9-17-21-13(2)16(14(3)23(17)22-12)6-7-18(24)20-11-15-5-4-8-19-10-15/h4-5,8-10H,6-7,11H2,1-3H3,(H,20,24). The Balaban J connectivity index is 1.65. The van der Waals surface area contributed by atoms with E-state index in [1.807, 2.05) is 43.5 Å². The van der Waals surface area contributed by atoms with E-state index in [1.165, 1.54) is 0 Å².